The first-order chi connectivity index (χ1) is 9.45. The van der Waals surface area contributed by atoms with E-state index in [9.17, 15) is 4.39 Å². The Labute approximate surface area is 123 Å². The fourth-order valence-electron chi connectivity index (χ4n) is 1.94. The van der Waals surface area contributed by atoms with Gasteiger partial charge in [0.1, 0.15) is 5.82 Å². The molecule has 0 aliphatic rings. The van der Waals surface area contributed by atoms with E-state index in [2.05, 4.69) is 24.1 Å². The lowest BCUT2D eigenvalue weighted by Gasteiger charge is -2.11. The molecule has 0 saturated carbocycles. The Hall–Kier alpha value is -1.55. The van der Waals surface area contributed by atoms with Crippen LogP contribution >= 0.6 is 11.6 Å². The Balaban J connectivity index is 2.17. The Bertz CT molecular complexity index is 593. The minimum atomic E-state index is -0.393. The molecule has 5 heteroatoms. The topological polar surface area (TPSA) is 29.9 Å². The molecule has 0 atom stereocenters. The summed E-state index contributed by atoms with van der Waals surface area (Å²) in [5.74, 6) is 0.979. The van der Waals surface area contributed by atoms with Crippen LogP contribution in [0.2, 0.25) is 5.02 Å². The second-order valence-corrected chi connectivity index (χ2v) is 5.76. The molecule has 1 N–H and O–H groups in total. The van der Waals surface area contributed by atoms with Gasteiger partial charge in [-0.05, 0) is 30.5 Å². The predicted octanol–water partition coefficient (Wildman–Crippen LogP) is 4.10. The van der Waals surface area contributed by atoms with Crippen LogP contribution in [0, 0.1) is 18.7 Å². The minimum Gasteiger partial charge on any atom is -0.355 e. The number of hydrogen-bond acceptors (Lipinski definition) is 2. The maximum Gasteiger partial charge on any atom is 0.203 e. The SMILES string of the molecule is Cc1cn(Cc2ccc(F)c(Cl)c2)c(NCC(C)C)n1. The van der Waals surface area contributed by atoms with Crippen LogP contribution in [-0.4, -0.2) is 16.1 Å². The smallest absolute Gasteiger partial charge is 0.203 e. The van der Waals surface area contributed by atoms with Crippen molar-refractivity contribution < 1.29 is 4.39 Å². The molecule has 0 spiro atoms. The fraction of sp³-hybridized carbons (Fsp3) is 0.400. The van der Waals surface area contributed by atoms with Crippen molar-refractivity contribution >= 4 is 17.5 Å². The van der Waals surface area contributed by atoms with E-state index in [1.807, 2.05) is 17.7 Å². The lowest BCUT2D eigenvalue weighted by molar-refractivity contribution is 0.626. The van der Waals surface area contributed by atoms with E-state index in [0.717, 1.165) is 23.8 Å². The summed E-state index contributed by atoms with van der Waals surface area (Å²) in [5, 5.41) is 3.47. The molecule has 1 heterocycles. The molecular formula is C15H19ClFN3. The number of aromatic nitrogens is 2. The predicted molar refractivity (Wildman–Crippen MR) is 80.8 cm³/mol. The molecular weight excluding hydrogens is 277 g/mol. The summed E-state index contributed by atoms with van der Waals surface area (Å²) >= 11 is 5.81. The molecule has 1 aromatic carbocycles. The summed E-state index contributed by atoms with van der Waals surface area (Å²) in [6.07, 6.45) is 1.97. The highest BCUT2D eigenvalue weighted by atomic mass is 35.5. The van der Waals surface area contributed by atoms with E-state index in [4.69, 9.17) is 11.6 Å². The lowest BCUT2D eigenvalue weighted by atomic mass is 10.2. The first-order valence-corrected chi connectivity index (χ1v) is 7.05. The van der Waals surface area contributed by atoms with Crippen molar-refractivity contribution in [2.75, 3.05) is 11.9 Å². The van der Waals surface area contributed by atoms with Gasteiger partial charge in [-0.1, -0.05) is 31.5 Å². The Morgan fingerprint density at radius 1 is 1.40 bits per heavy atom. The normalized spacial score (nSPS) is 11.1. The summed E-state index contributed by atoms with van der Waals surface area (Å²) in [5.41, 5.74) is 1.89. The van der Waals surface area contributed by atoms with Crippen molar-refractivity contribution in [1.82, 2.24) is 9.55 Å². The van der Waals surface area contributed by atoms with Crippen molar-refractivity contribution in [1.29, 1.82) is 0 Å². The zero-order chi connectivity index (χ0) is 14.7. The average molecular weight is 296 g/mol. The third kappa shape index (κ3) is 3.73. The molecule has 0 fully saturated rings. The van der Waals surface area contributed by atoms with Crippen molar-refractivity contribution in [2.24, 2.45) is 5.92 Å². The van der Waals surface area contributed by atoms with E-state index < -0.39 is 5.82 Å². The first-order valence-electron chi connectivity index (χ1n) is 6.67. The summed E-state index contributed by atoms with van der Waals surface area (Å²) in [6, 6.07) is 4.78. The van der Waals surface area contributed by atoms with Crippen LogP contribution in [0.4, 0.5) is 10.3 Å². The maximum atomic E-state index is 13.2. The average Bonchev–Trinajstić information content (AvgIpc) is 2.71. The quantitative estimate of drug-likeness (QED) is 0.900. The Morgan fingerprint density at radius 3 is 2.80 bits per heavy atom. The van der Waals surface area contributed by atoms with Gasteiger partial charge < -0.3 is 9.88 Å². The standard InChI is InChI=1S/C15H19ClFN3/c1-10(2)7-18-15-19-11(3)8-20(15)9-12-4-5-14(17)13(16)6-12/h4-6,8,10H,7,9H2,1-3H3,(H,18,19). The number of hydrogen-bond donors (Lipinski definition) is 1. The highest BCUT2D eigenvalue weighted by Crippen LogP contribution is 2.18. The monoisotopic (exact) mass is 295 g/mol. The second kappa shape index (κ2) is 6.27. The van der Waals surface area contributed by atoms with Crippen molar-refractivity contribution in [2.45, 2.75) is 27.3 Å². The van der Waals surface area contributed by atoms with Crippen LogP contribution in [0.15, 0.2) is 24.4 Å². The van der Waals surface area contributed by atoms with E-state index in [1.54, 1.807) is 12.1 Å². The molecule has 0 aliphatic carbocycles. The molecule has 2 aromatic rings. The van der Waals surface area contributed by atoms with E-state index >= 15 is 0 Å². The molecule has 0 amide bonds. The Kier molecular flexibility index (Phi) is 4.65. The van der Waals surface area contributed by atoms with Crippen LogP contribution in [0.25, 0.3) is 0 Å². The maximum absolute atomic E-state index is 13.2. The van der Waals surface area contributed by atoms with Gasteiger partial charge in [-0.2, -0.15) is 0 Å². The van der Waals surface area contributed by atoms with Crippen molar-refractivity contribution in [3.8, 4) is 0 Å². The van der Waals surface area contributed by atoms with Crippen LogP contribution in [-0.2, 0) is 6.54 Å². The molecule has 0 unspecified atom stereocenters. The summed E-state index contributed by atoms with van der Waals surface area (Å²) in [7, 11) is 0. The van der Waals surface area contributed by atoms with Crippen LogP contribution < -0.4 is 5.32 Å². The van der Waals surface area contributed by atoms with Gasteiger partial charge in [-0.25, -0.2) is 9.37 Å². The van der Waals surface area contributed by atoms with Gasteiger partial charge in [0.05, 0.1) is 17.3 Å². The molecule has 2 rings (SSSR count). The number of halogens is 2. The summed E-state index contributed by atoms with van der Waals surface area (Å²) in [6.45, 7) is 7.72. The molecule has 0 aliphatic heterocycles. The fourth-order valence-corrected chi connectivity index (χ4v) is 2.14. The van der Waals surface area contributed by atoms with Crippen LogP contribution in [0.3, 0.4) is 0 Å². The number of nitrogens with one attached hydrogen (secondary N) is 1. The van der Waals surface area contributed by atoms with Crippen molar-refractivity contribution in [3.05, 3.63) is 46.5 Å². The number of aryl methyl sites for hydroxylation is 1. The molecule has 0 bridgehead atoms. The van der Waals surface area contributed by atoms with Crippen molar-refractivity contribution in [3.63, 3.8) is 0 Å². The van der Waals surface area contributed by atoms with E-state index in [0.29, 0.717) is 12.5 Å². The van der Waals surface area contributed by atoms with Gasteiger partial charge in [0.25, 0.3) is 0 Å². The summed E-state index contributed by atoms with van der Waals surface area (Å²) < 4.78 is 15.2. The zero-order valence-corrected chi connectivity index (χ0v) is 12.7. The zero-order valence-electron chi connectivity index (χ0n) is 12.0. The minimum absolute atomic E-state index is 0.149. The number of rotatable bonds is 5. The highest BCUT2D eigenvalue weighted by molar-refractivity contribution is 6.30. The van der Waals surface area contributed by atoms with Gasteiger partial charge in [-0.3, -0.25) is 0 Å². The van der Waals surface area contributed by atoms with Gasteiger partial charge in [0.15, 0.2) is 0 Å². The Morgan fingerprint density at radius 2 is 2.15 bits per heavy atom. The first kappa shape index (κ1) is 14.9. The third-order valence-electron chi connectivity index (χ3n) is 2.90. The summed E-state index contributed by atoms with van der Waals surface area (Å²) in [4.78, 5) is 4.46. The molecule has 0 radical (unpaired) electrons. The molecule has 20 heavy (non-hydrogen) atoms. The van der Waals surface area contributed by atoms with Gasteiger partial charge in [-0.15, -0.1) is 0 Å². The van der Waals surface area contributed by atoms with Gasteiger partial charge in [0.2, 0.25) is 5.95 Å². The van der Waals surface area contributed by atoms with Gasteiger partial charge >= 0.3 is 0 Å². The second-order valence-electron chi connectivity index (χ2n) is 5.36. The largest absolute Gasteiger partial charge is 0.355 e. The number of benzene rings is 1. The van der Waals surface area contributed by atoms with E-state index in [1.165, 1.54) is 6.07 Å². The highest BCUT2D eigenvalue weighted by Gasteiger charge is 2.08. The molecule has 108 valence electrons. The number of anilines is 1. The molecule has 1 aromatic heterocycles. The third-order valence-corrected chi connectivity index (χ3v) is 3.19. The van der Waals surface area contributed by atoms with Gasteiger partial charge in [0, 0.05) is 12.7 Å². The molecule has 0 saturated heterocycles. The number of imidazole rings is 1. The van der Waals surface area contributed by atoms with Crippen LogP contribution in [0.1, 0.15) is 25.1 Å². The van der Waals surface area contributed by atoms with E-state index in [-0.39, 0.29) is 5.02 Å². The number of nitrogens with zero attached hydrogens (tertiary/aromatic N) is 2. The van der Waals surface area contributed by atoms with Crippen LogP contribution in [0.5, 0.6) is 0 Å². The molecule has 3 nitrogen and oxygen atoms in total. The lowest BCUT2D eigenvalue weighted by Crippen LogP contribution is -2.13.